The Morgan fingerprint density at radius 1 is 1.44 bits per heavy atom. The van der Waals surface area contributed by atoms with Crippen LogP contribution in [0.15, 0.2) is 29.4 Å². The van der Waals surface area contributed by atoms with Gasteiger partial charge in [0.25, 0.3) is 5.95 Å². The molecular formula is C11H13ClN6. The maximum absolute atomic E-state index is 5.99. The summed E-state index contributed by atoms with van der Waals surface area (Å²) >= 11 is 5.99. The molecule has 0 aliphatic heterocycles. The SMILES string of the molecule is CCc1nnc(N/N=C/c2ccccc2Cl)n1N. The molecule has 6 nitrogen and oxygen atoms in total. The first-order valence-corrected chi connectivity index (χ1v) is 5.83. The minimum absolute atomic E-state index is 0.384. The van der Waals surface area contributed by atoms with Crippen LogP contribution in [0.2, 0.25) is 5.02 Å². The van der Waals surface area contributed by atoms with E-state index in [4.69, 9.17) is 17.4 Å². The summed E-state index contributed by atoms with van der Waals surface area (Å²) in [6, 6.07) is 7.40. The molecule has 1 aromatic heterocycles. The first kappa shape index (κ1) is 12.4. The molecule has 0 amide bonds. The molecule has 2 rings (SSSR count). The molecule has 0 atom stereocenters. The van der Waals surface area contributed by atoms with Crippen LogP contribution in [0, 0.1) is 0 Å². The fraction of sp³-hybridized carbons (Fsp3) is 0.182. The summed E-state index contributed by atoms with van der Waals surface area (Å²) in [4.78, 5) is 0. The normalized spacial score (nSPS) is 11.0. The third kappa shape index (κ3) is 2.60. The maximum atomic E-state index is 5.99. The molecule has 7 heteroatoms. The molecule has 0 unspecified atom stereocenters. The zero-order valence-corrected chi connectivity index (χ0v) is 10.6. The third-order valence-corrected chi connectivity index (χ3v) is 2.70. The Kier molecular flexibility index (Phi) is 3.78. The average Bonchev–Trinajstić information content (AvgIpc) is 2.73. The minimum Gasteiger partial charge on any atom is -0.335 e. The second-order valence-corrected chi connectivity index (χ2v) is 3.96. The second kappa shape index (κ2) is 5.50. The molecule has 0 aliphatic carbocycles. The van der Waals surface area contributed by atoms with Gasteiger partial charge < -0.3 is 5.84 Å². The molecule has 2 aromatic rings. The number of nitrogens with two attached hydrogens (primary N) is 1. The lowest BCUT2D eigenvalue weighted by molar-refractivity contribution is 0.855. The number of hydrogen-bond acceptors (Lipinski definition) is 5. The smallest absolute Gasteiger partial charge is 0.263 e. The molecule has 18 heavy (non-hydrogen) atoms. The van der Waals surface area contributed by atoms with Crippen molar-refractivity contribution in [2.24, 2.45) is 5.10 Å². The van der Waals surface area contributed by atoms with Crippen molar-refractivity contribution in [3.8, 4) is 0 Å². The number of nitrogens with zero attached hydrogens (tertiary/aromatic N) is 4. The minimum atomic E-state index is 0.384. The first-order valence-electron chi connectivity index (χ1n) is 5.45. The van der Waals surface area contributed by atoms with Crippen molar-refractivity contribution >= 4 is 23.8 Å². The molecule has 1 aromatic carbocycles. The van der Waals surface area contributed by atoms with Crippen LogP contribution in [-0.4, -0.2) is 21.1 Å². The summed E-state index contributed by atoms with van der Waals surface area (Å²) in [6.45, 7) is 1.95. The number of nitrogen functional groups attached to an aromatic ring is 1. The Morgan fingerprint density at radius 3 is 2.89 bits per heavy atom. The molecule has 0 bridgehead atoms. The number of hydrazone groups is 1. The van der Waals surface area contributed by atoms with Crippen LogP contribution in [0.5, 0.6) is 0 Å². The van der Waals surface area contributed by atoms with E-state index < -0.39 is 0 Å². The zero-order chi connectivity index (χ0) is 13.0. The summed E-state index contributed by atoms with van der Waals surface area (Å²) in [6.07, 6.45) is 2.31. The van der Waals surface area contributed by atoms with Gasteiger partial charge >= 0.3 is 0 Å². The lowest BCUT2D eigenvalue weighted by atomic mass is 10.2. The van der Waals surface area contributed by atoms with Crippen molar-refractivity contribution in [2.75, 3.05) is 11.3 Å². The highest BCUT2D eigenvalue weighted by atomic mass is 35.5. The van der Waals surface area contributed by atoms with Crippen molar-refractivity contribution in [3.63, 3.8) is 0 Å². The molecular weight excluding hydrogens is 252 g/mol. The van der Waals surface area contributed by atoms with Gasteiger partial charge in [0.2, 0.25) is 0 Å². The van der Waals surface area contributed by atoms with Crippen molar-refractivity contribution < 1.29 is 0 Å². The van der Waals surface area contributed by atoms with Gasteiger partial charge in [0.05, 0.1) is 6.21 Å². The van der Waals surface area contributed by atoms with E-state index in [1.54, 1.807) is 12.3 Å². The van der Waals surface area contributed by atoms with Crippen molar-refractivity contribution in [3.05, 3.63) is 40.7 Å². The standard InChI is InChI=1S/C11H13ClN6/c1-2-10-15-17-11(18(10)13)16-14-7-8-5-3-4-6-9(8)12/h3-7H,2,13H2,1H3,(H,16,17)/b14-7+. The number of halogens is 1. The number of hydrogen-bond donors (Lipinski definition) is 2. The van der Waals surface area contributed by atoms with Gasteiger partial charge in [-0.3, -0.25) is 0 Å². The number of benzene rings is 1. The van der Waals surface area contributed by atoms with Crippen LogP contribution < -0.4 is 11.3 Å². The fourth-order valence-electron chi connectivity index (χ4n) is 1.38. The number of rotatable bonds is 4. The molecule has 0 fully saturated rings. The number of aryl methyl sites for hydroxylation is 1. The van der Waals surface area contributed by atoms with E-state index in [0.717, 1.165) is 5.56 Å². The van der Waals surface area contributed by atoms with E-state index in [-0.39, 0.29) is 0 Å². The Labute approximate surface area is 109 Å². The van der Waals surface area contributed by atoms with Crippen molar-refractivity contribution in [2.45, 2.75) is 13.3 Å². The topological polar surface area (TPSA) is 81.1 Å². The maximum Gasteiger partial charge on any atom is 0.263 e. The number of nitrogens with one attached hydrogen (secondary N) is 1. The third-order valence-electron chi connectivity index (χ3n) is 2.36. The van der Waals surface area contributed by atoms with Crippen LogP contribution in [-0.2, 0) is 6.42 Å². The van der Waals surface area contributed by atoms with Gasteiger partial charge in [-0.2, -0.15) is 5.10 Å². The quantitative estimate of drug-likeness (QED) is 0.500. The van der Waals surface area contributed by atoms with Gasteiger partial charge in [-0.05, 0) is 6.07 Å². The largest absolute Gasteiger partial charge is 0.335 e. The van der Waals surface area contributed by atoms with Crippen LogP contribution >= 0.6 is 11.6 Å². The summed E-state index contributed by atoms with van der Waals surface area (Å²) in [5, 5.41) is 12.4. The predicted octanol–water partition coefficient (Wildman–Crippen LogP) is 1.65. The lowest BCUT2D eigenvalue weighted by Crippen LogP contribution is -2.14. The molecule has 0 saturated heterocycles. The Hall–Kier alpha value is -2.08. The number of anilines is 1. The Balaban J connectivity index is 2.07. The molecule has 0 saturated carbocycles. The lowest BCUT2D eigenvalue weighted by Gasteiger charge is -2.01. The summed E-state index contributed by atoms with van der Waals surface area (Å²) in [5.74, 6) is 6.82. The van der Waals surface area contributed by atoms with E-state index in [0.29, 0.717) is 23.2 Å². The Bertz CT molecular complexity index is 562. The Morgan fingerprint density at radius 2 is 2.22 bits per heavy atom. The van der Waals surface area contributed by atoms with Crippen LogP contribution in [0.1, 0.15) is 18.3 Å². The van der Waals surface area contributed by atoms with Gasteiger partial charge in [0.1, 0.15) is 0 Å². The summed E-state index contributed by atoms with van der Waals surface area (Å²) < 4.78 is 1.37. The van der Waals surface area contributed by atoms with Gasteiger partial charge in [-0.15, -0.1) is 10.2 Å². The van der Waals surface area contributed by atoms with Gasteiger partial charge in [-0.25, -0.2) is 10.1 Å². The van der Waals surface area contributed by atoms with Crippen LogP contribution in [0.3, 0.4) is 0 Å². The van der Waals surface area contributed by atoms with E-state index in [9.17, 15) is 0 Å². The van der Waals surface area contributed by atoms with E-state index in [1.807, 2.05) is 25.1 Å². The molecule has 0 spiro atoms. The van der Waals surface area contributed by atoms with Gasteiger partial charge in [0, 0.05) is 17.0 Å². The van der Waals surface area contributed by atoms with E-state index in [2.05, 4.69) is 20.7 Å². The monoisotopic (exact) mass is 264 g/mol. The molecule has 0 aliphatic rings. The highest BCUT2D eigenvalue weighted by Gasteiger charge is 2.05. The average molecular weight is 265 g/mol. The predicted molar refractivity (Wildman–Crippen MR) is 72.2 cm³/mol. The van der Waals surface area contributed by atoms with Gasteiger partial charge in [-0.1, -0.05) is 36.7 Å². The second-order valence-electron chi connectivity index (χ2n) is 3.55. The zero-order valence-electron chi connectivity index (χ0n) is 9.84. The molecule has 3 N–H and O–H groups in total. The highest BCUT2D eigenvalue weighted by Crippen LogP contribution is 2.12. The van der Waals surface area contributed by atoms with Crippen LogP contribution in [0.4, 0.5) is 5.95 Å². The highest BCUT2D eigenvalue weighted by molar-refractivity contribution is 6.33. The molecule has 1 heterocycles. The van der Waals surface area contributed by atoms with Crippen molar-refractivity contribution in [1.82, 2.24) is 14.9 Å². The summed E-state index contributed by atoms with van der Waals surface area (Å²) in [7, 11) is 0. The van der Waals surface area contributed by atoms with Crippen molar-refractivity contribution in [1.29, 1.82) is 0 Å². The van der Waals surface area contributed by atoms with E-state index >= 15 is 0 Å². The first-order chi connectivity index (χ1) is 8.72. The summed E-state index contributed by atoms with van der Waals surface area (Å²) in [5.41, 5.74) is 3.53. The van der Waals surface area contributed by atoms with Crippen LogP contribution in [0.25, 0.3) is 0 Å². The van der Waals surface area contributed by atoms with E-state index in [1.165, 1.54) is 4.68 Å². The number of aromatic nitrogens is 3. The van der Waals surface area contributed by atoms with Gasteiger partial charge in [0.15, 0.2) is 5.82 Å². The molecule has 94 valence electrons. The molecule has 0 radical (unpaired) electrons. The fourth-order valence-corrected chi connectivity index (χ4v) is 1.56.